The first kappa shape index (κ1) is 19.4. The minimum absolute atomic E-state index is 0.0845. The Morgan fingerprint density at radius 3 is 2.48 bits per heavy atom. The molecular weight excluding hydrogens is 346 g/mol. The summed E-state index contributed by atoms with van der Waals surface area (Å²) in [5.74, 6) is -0.972. The third-order valence-corrected chi connectivity index (χ3v) is 5.61. The number of carbonyl (C=O) groups excluding carboxylic acids is 1. The van der Waals surface area contributed by atoms with Crippen LogP contribution in [-0.2, 0) is 14.3 Å². The van der Waals surface area contributed by atoms with E-state index in [1.165, 1.54) is 5.56 Å². The molecule has 1 aliphatic heterocycles. The smallest absolute Gasteiger partial charge is 0.304 e. The Hall–Kier alpha value is -2.41. The third-order valence-electron chi connectivity index (χ3n) is 5.61. The Labute approximate surface area is 158 Å². The summed E-state index contributed by atoms with van der Waals surface area (Å²) in [5, 5.41) is 19.1. The van der Waals surface area contributed by atoms with Crippen molar-refractivity contribution in [3.63, 3.8) is 0 Å². The van der Waals surface area contributed by atoms with Crippen LogP contribution < -0.4 is 11.1 Å². The predicted molar refractivity (Wildman–Crippen MR) is 101 cm³/mol. The molecule has 1 aliphatic carbocycles. The molecule has 1 amide bonds. The molecule has 2 fully saturated rings. The summed E-state index contributed by atoms with van der Waals surface area (Å²) in [6.07, 6.45) is 4.63. The van der Waals surface area contributed by atoms with Crippen molar-refractivity contribution in [3.8, 4) is 0 Å². The van der Waals surface area contributed by atoms with Crippen molar-refractivity contribution in [1.82, 2.24) is 5.32 Å². The van der Waals surface area contributed by atoms with Crippen LogP contribution in [0, 0.1) is 11.3 Å². The van der Waals surface area contributed by atoms with Gasteiger partial charge in [0.05, 0.1) is 31.1 Å². The highest BCUT2D eigenvalue weighted by molar-refractivity contribution is 5.94. The van der Waals surface area contributed by atoms with Crippen LogP contribution >= 0.6 is 0 Å². The van der Waals surface area contributed by atoms with Gasteiger partial charge in [0.2, 0.25) is 5.91 Å². The van der Waals surface area contributed by atoms with Gasteiger partial charge in [-0.15, -0.1) is 0 Å². The summed E-state index contributed by atoms with van der Waals surface area (Å²) in [4.78, 5) is 22.6. The second-order valence-electron chi connectivity index (χ2n) is 7.58. The fraction of sp³-hybridized carbons (Fsp3) is 0.550. The summed E-state index contributed by atoms with van der Waals surface area (Å²) >= 11 is 0. The molecule has 0 aromatic heterocycles. The molecular formula is C20H27N3O4. The SMILES string of the molecule is N=C(N)c1ccc(C2CCC(OC[C@@H]3C[C@@H](CC(=O)O)C(=O)N3)CC2)cc1. The van der Waals surface area contributed by atoms with Gasteiger partial charge in [-0.25, -0.2) is 0 Å². The largest absolute Gasteiger partial charge is 0.481 e. The Bertz CT molecular complexity index is 696. The van der Waals surface area contributed by atoms with Gasteiger partial charge in [0.25, 0.3) is 0 Å². The van der Waals surface area contributed by atoms with E-state index in [0.717, 1.165) is 31.2 Å². The maximum absolute atomic E-state index is 11.8. The number of hydrogen-bond donors (Lipinski definition) is 4. The third kappa shape index (κ3) is 5.07. The van der Waals surface area contributed by atoms with Crippen LogP contribution in [0.15, 0.2) is 24.3 Å². The predicted octanol–water partition coefficient (Wildman–Crippen LogP) is 1.99. The topological polar surface area (TPSA) is 126 Å². The first-order valence-corrected chi connectivity index (χ1v) is 9.50. The van der Waals surface area contributed by atoms with Crippen molar-refractivity contribution in [2.75, 3.05) is 6.61 Å². The molecule has 1 aromatic carbocycles. The van der Waals surface area contributed by atoms with Crippen LogP contribution in [0.5, 0.6) is 0 Å². The summed E-state index contributed by atoms with van der Waals surface area (Å²) in [7, 11) is 0. The van der Waals surface area contributed by atoms with E-state index in [4.69, 9.17) is 21.0 Å². The number of amidine groups is 1. The number of aliphatic carboxylic acids is 1. The Balaban J connectivity index is 1.41. The minimum atomic E-state index is -0.939. The molecule has 1 saturated carbocycles. The zero-order chi connectivity index (χ0) is 19.4. The lowest BCUT2D eigenvalue weighted by Gasteiger charge is -2.29. The molecule has 7 nitrogen and oxygen atoms in total. The second-order valence-corrected chi connectivity index (χ2v) is 7.58. The number of carboxylic acids is 1. The fourth-order valence-corrected chi connectivity index (χ4v) is 4.07. The van der Waals surface area contributed by atoms with Crippen molar-refractivity contribution < 1.29 is 19.4 Å². The van der Waals surface area contributed by atoms with Crippen molar-refractivity contribution in [3.05, 3.63) is 35.4 Å². The number of nitrogens with two attached hydrogens (primary N) is 1. The average Bonchev–Trinajstić information content (AvgIpc) is 2.99. The lowest BCUT2D eigenvalue weighted by Crippen LogP contribution is -2.33. The maximum atomic E-state index is 11.8. The van der Waals surface area contributed by atoms with E-state index in [-0.39, 0.29) is 30.3 Å². The summed E-state index contributed by atoms with van der Waals surface area (Å²) < 4.78 is 6.00. The highest BCUT2D eigenvalue weighted by Crippen LogP contribution is 2.34. The zero-order valence-electron chi connectivity index (χ0n) is 15.3. The van der Waals surface area contributed by atoms with Gasteiger partial charge in [0.1, 0.15) is 5.84 Å². The Morgan fingerprint density at radius 2 is 1.89 bits per heavy atom. The number of rotatable bonds is 7. The quantitative estimate of drug-likeness (QED) is 0.430. The van der Waals surface area contributed by atoms with E-state index in [1.807, 2.05) is 12.1 Å². The molecule has 0 unspecified atom stereocenters. The minimum Gasteiger partial charge on any atom is -0.481 e. The highest BCUT2D eigenvalue weighted by Gasteiger charge is 2.34. The van der Waals surface area contributed by atoms with Crippen molar-refractivity contribution in [1.29, 1.82) is 5.41 Å². The zero-order valence-corrected chi connectivity index (χ0v) is 15.3. The molecule has 0 radical (unpaired) electrons. The molecule has 146 valence electrons. The maximum Gasteiger partial charge on any atom is 0.304 e. The van der Waals surface area contributed by atoms with E-state index < -0.39 is 11.9 Å². The molecule has 1 saturated heterocycles. The summed E-state index contributed by atoms with van der Waals surface area (Å²) in [5.41, 5.74) is 7.52. The summed E-state index contributed by atoms with van der Waals surface area (Å²) in [6.45, 7) is 0.449. The van der Waals surface area contributed by atoms with Gasteiger partial charge in [-0.3, -0.25) is 15.0 Å². The fourth-order valence-electron chi connectivity index (χ4n) is 4.07. The molecule has 27 heavy (non-hydrogen) atoms. The van der Waals surface area contributed by atoms with Crippen molar-refractivity contribution >= 4 is 17.7 Å². The molecule has 0 spiro atoms. The van der Waals surface area contributed by atoms with E-state index in [1.54, 1.807) is 0 Å². The first-order valence-electron chi connectivity index (χ1n) is 9.50. The van der Waals surface area contributed by atoms with Crippen LogP contribution in [0.3, 0.4) is 0 Å². The van der Waals surface area contributed by atoms with E-state index in [0.29, 0.717) is 18.9 Å². The number of carbonyl (C=O) groups is 2. The average molecular weight is 373 g/mol. The number of nitrogens with one attached hydrogen (secondary N) is 2. The van der Waals surface area contributed by atoms with Crippen molar-refractivity contribution in [2.24, 2.45) is 11.7 Å². The highest BCUT2D eigenvalue weighted by atomic mass is 16.5. The molecule has 2 atom stereocenters. The molecule has 1 aromatic rings. The monoisotopic (exact) mass is 373 g/mol. The molecule has 5 N–H and O–H groups in total. The number of amides is 1. The lowest BCUT2D eigenvalue weighted by molar-refractivity contribution is -0.140. The van der Waals surface area contributed by atoms with Gasteiger partial charge >= 0.3 is 5.97 Å². The van der Waals surface area contributed by atoms with Crippen LogP contribution in [0.1, 0.15) is 55.6 Å². The van der Waals surface area contributed by atoms with Crippen LogP contribution in [-0.4, -0.2) is 41.6 Å². The molecule has 0 bridgehead atoms. The molecule has 7 heteroatoms. The standard InChI is InChI=1S/C20H27N3O4/c21-19(22)14-3-1-12(2-4-14)13-5-7-17(8-6-13)27-11-16-9-15(10-18(24)25)20(26)23-16/h1-4,13,15-17H,5-11H2,(H3,21,22)(H,23,26)(H,24,25)/t13?,15-,16-,17?/m0/s1. The van der Waals surface area contributed by atoms with Crippen LogP contribution in [0.4, 0.5) is 0 Å². The van der Waals surface area contributed by atoms with E-state index in [2.05, 4.69) is 17.4 Å². The van der Waals surface area contributed by atoms with Gasteiger partial charge in [-0.05, 0) is 43.6 Å². The molecule has 1 heterocycles. The van der Waals surface area contributed by atoms with Crippen molar-refractivity contribution in [2.45, 2.75) is 56.6 Å². The normalized spacial score (nSPS) is 27.9. The Morgan fingerprint density at radius 1 is 1.22 bits per heavy atom. The van der Waals surface area contributed by atoms with Crippen LogP contribution in [0.25, 0.3) is 0 Å². The van der Waals surface area contributed by atoms with Crippen LogP contribution in [0.2, 0.25) is 0 Å². The molecule has 3 rings (SSSR count). The Kier molecular flexibility index (Phi) is 6.11. The summed E-state index contributed by atoms with van der Waals surface area (Å²) in [6, 6.07) is 7.82. The van der Waals surface area contributed by atoms with Gasteiger partial charge in [-0.1, -0.05) is 24.3 Å². The number of hydrogen-bond acceptors (Lipinski definition) is 4. The lowest BCUT2D eigenvalue weighted by atomic mass is 9.82. The first-order chi connectivity index (χ1) is 12.9. The van der Waals surface area contributed by atoms with Gasteiger partial charge in [-0.2, -0.15) is 0 Å². The van der Waals surface area contributed by atoms with E-state index in [9.17, 15) is 9.59 Å². The van der Waals surface area contributed by atoms with Gasteiger partial charge in [0, 0.05) is 5.56 Å². The second kappa shape index (κ2) is 8.52. The van der Waals surface area contributed by atoms with Gasteiger partial charge < -0.3 is 20.9 Å². The number of benzene rings is 1. The number of carboxylic acid groups (broad SMARTS) is 1. The van der Waals surface area contributed by atoms with Gasteiger partial charge in [0.15, 0.2) is 0 Å². The number of ether oxygens (including phenoxy) is 1. The number of nitrogen functional groups attached to an aromatic ring is 1. The van der Waals surface area contributed by atoms with E-state index >= 15 is 0 Å². The molecule has 2 aliphatic rings.